The summed E-state index contributed by atoms with van der Waals surface area (Å²) in [5.74, 6) is 0.487. The van der Waals surface area contributed by atoms with Crippen molar-refractivity contribution < 1.29 is 9.53 Å². The minimum absolute atomic E-state index is 0.304. The first kappa shape index (κ1) is 15.8. The van der Waals surface area contributed by atoms with Gasteiger partial charge < -0.3 is 9.30 Å². The van der Waals surface area contributed by atoms with Gasteiger partial charge >= 0.3 is 5.97 Å². The molecule has 2 heterocycles. The van der Waals surface area contributed by atoms with E-state index in [1.54, 1.807) is 11.3 Å². The third-order valence-corrected chi connectivity index (χ3v) is 5.45. The zero-order valence-corrected chi connectivity index (χ0v) is 14.3. The molecule has 0 saturated heterocycles. The third-order valence-electron chi connectivity index (χ3n) is 3.32. The lowest BCUT2D eigenvalue weighted by Gasteiger charge is -2.14. The first-order valence-electron chi connectivity index (χ1n) is 6.93. The first-order valence-corrected chi connectivity index (χ1v) is 8.69. The van der Waals surface area contributed by atoms with Crippen molar-refractivity contribution in [1.82, 2.24) is 14.8 Å². The number of carbonyl (C=O) groups excluding carboxylic acids is 1. The summed E-state index contributed by atoms with van der Waals surface area (Å²) in [6.45, 7) is 0. The molecule has 0 amide bonds. The Hall–Kier alpha value is -2.12. The number of methoxy groups -OCH3 is 1. The van der Waals surface area contributed by atoms with Crippen LogP contribution in [0.2, 0.25) is 0 Å². The fourth-order valence-corrected chi connectivity index (χ4v) is 3.90. The van der Waals surface area contributed by atoms with Gasteiger partial charge in [-0.1, -0.05) is 48.2 Å². The summed E-state index contributed by atoms with van der Waals surface area (Å²) < 4.78 is 6.84. The largest absolute Gasteiger partial charge is 0.468 e. The highest BCUT2D eigenvalue weighted by Crippen LogP contribution is 2.36. The zero-order chi connectivity index (χ0) is 16.2. The number of ether oxygens (including phenoxy) is 1. The van der Waals surface area contributed by atoms with Gasteiger partial charge in [0.1, 0.15) is 5.25 Å². The highest BCUT2D eigenvalue weighted by Gasteiger charge is 2.25. The second kappa shape index (κ2) is 6.97. The van der Waals surface area contributed by atoms with E-state index in [-0.39, 0.29) is 5.97 Å². The van der Waals surface area contributed by atoms with Gasteiger partial charge in [-0.25, -0.2) is 0 Å². The van der Waals surface area contributed by atoms with Gasteiger partial charge in [0.15, 0.2) is 11.0 Å². The smallest absolute Gasteiger partial charge is 0.323 e. The van der Waals surface area contributed by atoms with Crippen LogP contribution in [0.1, 0.15) is 10.8 Å². The zero-order valence-electron chi connectivity index (χ0n) is 12.7. The van der Waals surface area contributed by atoms with E-state index in [1.165, 1.54) is 18.9 Å². The lowest BCUT2D eigenvalue weighted by molar-refractivity contribution is -0.140. The second-order valence-electron chi connectivity index (χ2n) is 4.77. The molecule has 0 N–H and O–H groups in total. The molecule has 0 aliphatic rings. The van der Waals surface area contributed by atoms with E-state index in [9.17, 15) is 4.79 Å². The monoisotopic (exact) mass is 345 g/mol. The van der Waals surface area contributed by atoms with Gasteiger partial charge in [-0.2, -0.15) is 0 Å². The normalized spacial score (nSPS) is 12.1. The van der Waals surface area contributed by atoms with Crippen LogP contribution in [0.4, 0.5) is 0 Å². The van der Waals surface area contributed by atoms with Gasteiger partial charge in [0, 0.05) is 7.05 Å². The Morgan fingerprint density at radius 3 is 2.65 bits per heavy atom. The Balaban J connectivity index is 1.91. The number of benzene rings is 1. The SMILES string of the molecule is COC(=O)C(Sc1nnc(-c2cccs2)n1C)c1ccccc1. The molecule has 1 unspecified atom stereocenters. The fraction of sp³-hybridized carbons (Fsp3) is 0.188. The molecule has 0 radical (unpaired) electrons. The van der Waals surface area contributed by atoms with Crippen molar-refractivity contribution in [2.45, 2.75) is 10.4 Å². The van der Waals surface area contributed by atoms with Gasteiger partial charge in [-0.15, -0.1) is 21.5 Å². The van der Waals surface area contributed by atoms with E-state index >= 15 is 0 Å². The maximum Gasteiger partial charge on any atom is 0.323 e. The summed E-state index contributed by atoms with van der Waals surface area (Å²) in [7, 11) is 3.29. The van der Waals surface area contributed by atoms with Crippen LogP contribution >= 0.6 is 23.1 Å². The van der Waals surface area contributed by atoms with Crippen molar-refractivity contribution in [3.63, 3.8) is 0 Å². The molecule has 3 rings (SSSR count). The van der Waals surface area contributed by atoms with Crippen LogP contribution in [0.3, 0.4) is 0 Å². The van der Waals surface area contributed by atoms with Crippen LogP contribution in [0.15, 0.2) is 53.0 Å². The molecule has 1 aromatic carbocycles. The molecular formula is C16H15N3O2S2. The summed E-state index contributed by atoms with van der Waals surface area (Å²) in [5.41, 5.74) is 0.880. The van der Waals surface area contributed by atoms with Gasteiger partial charge in [-0.05, 0) is 17.0 Å². The molecule has 0 aliphatic carbocycles. The lowest BCUT2D eigenvalue weighted by Crippen LogP contribution is -2.12. The standard InChI is InChI=1S/C16H15N3O2S2/c1-19-14(12-9-6-10-22-12)17-18-16(19)23-13(15(20)21-2)11-7-4-3-5-8-11/h3-10,13H,1-2H3. The molecule has 7 heteroatoms. The Bertz CT molecular complexity index is 785. The summed E-state index contributed by atoms with van der Waals surface area (Å²) in [4.78, 5) is 13.2. The average Bonchev–Trinajstić information content (AvgIpc) is 3.23. The molecule has 5 nitrogen and oxygen atoms in total. The molecule has 2 aromatic heterocycles. The molecule has 118 valence electrons. The molecule has 1 atom stereocenters. The average molecular weight is 345 g/mol. The lowest BCUT2D eigenvalue weighted by atomic mass is 10.1. The molecule has 23 heavy (non-hydrogen) atoms. The topological polar surface area (TPSA) is 57.0 Å². The van der Waals surface area contributed by atoms with E-state index in [0.717, 1.165) is 16.3 Å². The van der Waals surface area contributed by atoms with Crippen LogP contribution in [0.5, 0.6) is 0 Å². The van der Waals surface area contributed by atoms with E-state index in [1.807, 2.05) is 59.5 Å². The van der Waals surface area contributed by atoms with Crippen LogP contribution < -0.4 is 0 Å². The predicted octanol–water partition coefficient (Wildman–Crippen LogP) is 3.55. The fourth-order valence-electron chi connectivity index (χ4n) is 2.13. The van der Waals surface area contributed by atoms with Gasteiger partial charge in [0.25, 0.3) is 0 Å². The van der Waals surface area contributed by atoms with Crippen molar-refractivity contribution in [2.75, 3.05) is 7.11 Å². The van der Waals surface area contributed by atoms with E-state index in [0.29, 0.717) is 5.16 Å². The number of thioether (sulfide) groups is 1. The number of esters is 1. The molecule has 3 aromatic rings. The number of rotatable bonds is 5. The second-order valence-corrected chi connectivity index (χ2v) is 6.79. The number of thiophene rings is 1. The maximum atomic E-state index is 12.2. The molecular weight excluding hydrogens is 330 g/mol. The van der Waals surface area contributed by atoms with Crippen LogP contribution in [0, 0.1) is 0 Å². The molecule has 0 bridgehead atoms. The Labute approximate surface area is 142 Å². The van der Waals surface area contributed by atoms with Crippen LogP contribution in [-0.2, 0) is 16.6 Å². The van der Waals surface area contributed by atoms with Crippen molar-refractivity contribution in [3.8, 4) is 10.7 Å². The summed E-state index contributed by atoms with van der Waals surface area (Å²) in [6.07, 6.45) is 0. The van der Waals surface area contributed by atoms with Gasteiger partial charge in [0.05, 0.1) is 12.0 Å². The minimum atomic E-state index is -0.472. The van der Waals surface area contributed by atoms with Crippen molar-refractivity contribution in [1.29, 1.82) is 0 Å². The summed E-state index contributed by atoms with van der Waals surface area (Å²) >= 11 is 2.94. The quantitative estimate of drug-likeness (QED) is 0.523. The molecule has 0 spiro atoms. The van der Waals surface area contributed by atoms with Gasteiger partial charge in [-0.3, -0.25) is 4.79 Å². The third kappa shape index (κ3) is 3.30. The number of hydrogen-bond donors (Lipinski definition) is 0. The number of hydrogen-bond acceptors (Lipinski definition) is 6. The number of aromatic nitrogens is 3. The Morgan fingerprint density at radius 2 is 2.00 bits per heavy atom. The van der Waals surface area contributed by atoms with E-state index in [4.69, 9.17) is 4.74 Å². The van der Waals surface area contributed by atoms with E-state index in [2.05, 4.69) is 10.2 Å². The minimum Gasteiger partial charge on any atom is -0.468 e. The molecule has 0 aliphatic heterocycles. The van der Waals surface area contributed by atoms with Gasteiger partial charge in [0.2, 0.25) is 0 Å². The summed E-state index contributed by atoms with van der Waals surface area (Å²) in [6, 6.07) is 13.5. The molecule has 0 fully saturated rings. The Morgan fingerprint density at radius 1 is 1.22 bits per heavy atom. The van der Waals surface area contributed by atoms with E-state index < -0.39 is 5.25 Å². The van der Waals surface area contributed by atoms with Crippen LogP contribution in [0.25, 0.3) is 10.7 Å². The van der Waals surface area contributed by atoms with Crippen molar-refractivity contribution >= 4 is 29.1 Å². The highest BCUT2D eigenvalue weighted by atomic mass is 32.2. The molecule has 0 saturated carbocycles. The predicted molar refractivity (Wildman–Crippen MR) is 91.4 cm³/mol. The number of carbonyl (C=O) groups is 1. The highest BCUT2D eigenvalue weighted by molar-refractivity contribution is 8.00. The van der Waals surface area contributed by atoms with Crippen LogP contribution in [-0.4, -0.2) is 27.8 Å². The van der Waals surface area contributed by atoms with Crippen molar-refractivity contribution in [3.05, 3.63) is 53.4 Å². The summed E-state index contributed by atoms with van der Waals surface area (Å²) in [5, 5.41) is 10.7. The van der Waals surface area contributed by atoms with Crippen molar-refractivity contribution in [2.24, 2.45) is 7.05 Å². The first-order chi connectivity index (χ1) is 11.2. The number of nitrogens with zero attached hydrogens (tertiary/aromatic N) is 3. The maximum absolute atomic E-state index is 12.2. The Kier molecular flexibility index (Phi) is 4.78.